The average molecular weight is 277 g/mol. The Morgan fingerprint density at radius 3 is 2.79 bits per heavy atom. The third-order valence-corrected chi connectivity index (χ3v) is 2.80. The summed E-state index contributed by atoms with van der Waals surface area (Å²) in [5, 5.41) is 2.97. The number of nitrogens with zero attached hydrogens (tertiary/aromatic N) is 1. The molecule has 0 saturated carbocycles. The Hall–Kier alpha value is -2.07. The molecular formula is C14H13ClN2O2. The number of ether oxygens (including phenoxy) is 1. The van der Waals surface area contributed by atoms with Crippen LogP contribution in [0.25, 0.3) is 0 Å². The van der Waals surface area contributed by atoms with Gasteiger partial charge in [-0.25, -0.2) is 4.79 Å². The highest BCUT2D eigenvalue weighted by Crippen LogP contribution is 2.19. The van der Waals surface area contributed by atoms with E-state index in [0.717, 1.165) is 5.56 Å². The minimum Gasteiger partial charge on any atom is -0.449 e. The van der Waals surface area contributed by atoms with Gasteiger partial charge in [0.15, 0.2) is 0 Å². The van der Waals surface area contributed by atoms with Gasteiger partial charge in [-0.15, -0.1) is 0 Å². The van der Waals surface area contributed by atoms with Gasteiger partial charge in [0.25, 0.3) is 0 Å². The van der Waals surface area contributed by atoms with Gasteiger partial charge in [-0.1, -0.05) is 41.9 Å². The molecule has 98 valence electrons. The monoisotopic (exact) mass is 276 g/mol. The number of pyridine rings is 1. The van der Waals surface area contributed by atoms with Crippen LogP contribution in [0.15, 0.2) is 48.8 Å². The summed E-state index contributed by atoms with van der Waals surface area (Å²) in [5.74, 6) is 0. The fourth-order valence-corrected chi connectivity index (χ4v) is 1.67. The van der Waals surface area contributed by atoms with Crippen LogP contribution in [0.2, 0.25) is 5.02 Å². The minimum absolute atomic E-state index is 0.313. The van der Waals surface area contributed by atoms with E-state index < -0.39 is 6.09 Å². The molecule has 2 rings (SSSR count). The molecular weight excluding hydrogens is 264 g/mol. The number of carbonyl (C=O) groups is 1. The van der Waals surface area contributed by atoms with Crippen molar-refractivity contribution in [1.82, 2.24) is 4.98 Å². The molecule has 0 aliphatic heterocycles. The number of amides is 1. The van der Waals surface area contributed by atoms with E-state index in [1.165, 1.54) is 6.20 Å². The van der Waals surface area contributed by atoms with Crippen LogP contribution in [0.5, 0.6) is 0 Å². The first kappa shape index (κ1) is 13.4. The van der Waals surface area contributed by atoms with Gasteiger partial charge in [-0.3, -0.25) is 10.3 Å². The lowest BCUT2D eigenvalue weighted by molar-refractivity contribution is 0.163. The second kappa shape index (κ2) is 6.75. The number of carbonyl (C=O) groups excluding carboxylic acids is 1. The summed E-state index contributed by atoms with van der Waals surface area (Å²) < 4.78 is 5.07. The van der Waals surface area contributed by atoms with Gasteiger partial charge in [-0.05, 0) is 11.6 Å². The van der Waals surface area contributed by atoms with Crippen molar-refractivity contribution < 1.29 is 9.53 Å². The van der Waals surface area contributed by atoms with Crippen LogP contribution in [0.3, 0.4) is 0 Å². The Kier molecular flexibility index (Phi) is 4.75. The predicted octanol–water partition coefficient (Wildman–Crippen LogP) is 3.53. The van der Waals surface area contributed by atoms with Crippen LogP contribution in [-0.2, 0) is 11.2 Å². The van der Waals surface area contributed by atoms with Crippen molar-refractivity contribution in [1.29, 1.82) is 0 Å². The molecule has 2 aromatic rings. The Bertz CT molecular complexity index is 546. The summed E-state index contributed by atoms with van der Waals surface area (Å²) in [6, 6.07) is 11.4. The highest BCUT2D eigenvalue weighted by atomic mass is 35.5. The van der Waals surface area contributed by atoms with Crippen molar-refractivity contribution in [2.24, 2.45) is 0 Å². The van der Waals surface area contributed by atoms with Crippen LogP contribution in [0.1, 0.15) is 5.56 Å². The quantitative estimate of drug-likeness (QED) is 0.929. The van der Waals surface area contributed by atoms with Gasteiger partial charge in [0.05, 0.1) is 23.5 Å². The Morgan fingerprint density at radius 2 is 2.05 bits per heavy atom. The first-order chi connectivity index (χ1) is 9.25. The zero-order valence-corrected chi connectivity index (χ0v) is 10.9. The second-order valence-electron chi connectivity index (χ2n) is 3.85. The van der Waals surface area contributed by atoms with E-state index in [1.807, 2.05) is 30.3 Å². The zero-order chi connectivity index (χ0) is 13.5. The lowest BCUT2D eigenvalue weighted by Gasteiger charge is -2.07. The number of hydrogen-bond donors (Lipinski definition) is 1. The lowest BCUT2D eigenvalue weighted by atomic mass is 10.2. The topological polar surface area (TPSA) is 51.2 Å². The Balaban J connectivity index is 1.78. The maximum Gasteiger partial charge on any atom is 0.411 e. The first-order valence-electron chi connectivity index (χ1n) is 5.83. The van der Waals surface area contributed by atoms with E-state index in [-0.39, 0.29) is 0 Å². The maximum absolute atomic E-state index is 11.5. The highest BCUT2D eigenvalue weighted by molar-refractivity contribution is 6.33. The van der Waals surface area contributed by atoms with Crippen LogP contribution in [-0.4, -0.2) is 17.7 Å². The second-order valence-corrected chi connectivity index (χ2v) is 4.26. The summed E-state index contributed by atoms with van der Waals surface area (Å²) in [5.41, 5.74) is 1.56. The summed E-state index contributed by atoms with van der Waals surface area (Å²) in [4.78, 5) is 15.4. The maximum atomic E-state index is 11.5. The smallest absolute Gasteiger partial charge is 0.411 e. The molecule has 0 spiro atoms. The lowest BCUT2D eigenvalue weighted by Crippen LogP contribution is -2.15. The van der Waals surface area contributed by atoms with E-state index >= 15 is 0 Å². The fraction of sp³-hybridized carbons (Fsp3) is 0.143. The van der Waals surface area contributed by atoms with E-state index in [4.69, 9.17) is 16.3 Å². The van der Waals surface area contributed by atoms with Crippen molar-refractivity contribution in [3.63, 3.8) is 0 Å². The molecule has 19 heavy (non-hydrogen) atoms. The first-order valence-corrected chi connectivity index (χ1v) is 6.21. The molecule has 0 saturated heterocycles. The zero-order valence-electron chi connectivity index (χ0n) is 10.2. The van der Waals surface area contributed by atoms with Gasteiger partial charge in [-0.2, -0.15) is 0 Å². The Morgan fingerprint density at radius 1 is 1.26 bits per heavy atom. The molecule has 1 heterocycles. The average Bonchev–Trinajstić information content (AvgIpc) is 2.43. The minimum atomic E-state index is -0.536. The summed E-state index contributed by atoms with van der Waals surface area (Å²) >= 11 is 5.89. The molecule has 1 aromatic carbocycles. The number of anilines is 1. The van der Waals surface area contributed by atoms with Crippen LogP contribution >= 0.6 is 11.6 Å². The third kappa shape index (κ3) is 4.26. The highest BCUT2D eigenvalue weighted by Gasteiger charge is 2.06. The van der Waals surface area contributed by atoms with E-state index in [9.17, 15) is 4.79 Å². The van der Waals surface area contributed by atoms with Crippen molar-refractivity contribution in [2.45, 2.75) is 6.42 Å². The Labute approximate surface area is 116 Å². The van der Waals surface area contributed by atoms with Gasteiger partial charge in [0, 0.05) is 12.6 Å². The SMILES string of the molecule is O=C(Nc1cnccc1Cl)OCCc1ccccc1. The van der Waals surface area contributed by atoms with Gasteiger partial charge >= 0.3 is 6.09 Å². The van der Waals surface area contributed by atoms with E-state index in [1.54, 1.807) is 12.3 Å². The predicted molar refractivity (Wildman–Crippen MR) is 74.4 cm³/mol. The van der Waals surface area contributed by atoms with Crippen molar-refractivity contribution in [3.8, 4) is 0 Å². The van der Waals surface area contributed by atoms with Crippen LogP contribution in [0.4, 0.5) is 10.5 Å². The largest absolute Gasteiger partial charge is 0.449 e. The van der Waals surface area contributed by atoms with Crippen LogP contribution in [0, 0.1) is 0 Å². The molecule has 0 bridgehead atoms. The third-order valence-electron chi connectivity index (χ3n) is 2.47. The number of aromatic nitrogens is 1. The number of halogens is 1. The molecule has 0 atom stereocenters. The number of hydrogen-bond acceptors (Lipinski definition) is 3. The van der Waals surface area contributed by atoms with Gasteiger partial charge in [0.1, 0.15) is 0 Å². The molecule has 0 unspecified atom stereocenters. The standard InChI is InChI=1S/C14H13ClN2O2/c15-12-6-8-16-10-13(12)17-14(18)19-9-7-11-4-2-1-3-5-11/h1-6,8,10H,7,9H2,(H,17,18). The van der Waals surface area contributed by atoms with Crippen molar-refractivity contribution >= 4 is 23.4 Å². The van der Waals surface area contributed by atoms with Crippen LogP contribution < -0.4 is 5.32 Å². The summed E-state index contributed by atoms with van der Waals surface area (Å²) in [7, 11) is 0. The number of rotatable bonds is 4. The molecule has 4 nitrogen and oxygen atoms in total. The molecule has 5 heteroatoms. The van der Waals surface area contributed by atoms with Gasteiger partial charge in [0.2, 0.25) is 0 Å². The molecule has 1 aromatic heterocycles. The van der Waals surface area contributed by atoms with Gasteiger partial charge < -0.3 is 4.74 Å². The number of benzene rings is 1. The molecule has 1 amide bonds. The number of nitrogens with one attached hydrogen (secondary N) is 1. The van der Waals surface area contributed by atoms with Crippen molar-refractivity contribution in [2.75, 3.05) is 11.9 Å². The molecule has 0 fully saturated rings. The fourth-order valence-electron chi connectivity index (χ4n) is 1.52. The normalized spacial score (nSPS) is 9.95. The van der Waals surface area contributed by atoms with Crippen molar-refractivity contribution in [3.05, 3.63) is 59.4 Å². The molecule has 0 aliphatic carbocycles. The molecule has 0 aliphatic rings. The van der Waals surface area contributed by atoms with E-state index in [0.29, 0.717) is 23.7 Å². The molecule has 0 radical (unpaired) electrons. The summed E-state index contributed by atoms with van der Waals surface area (Å²) in [6.45, 7) is 0.313. The molecule has 1 N–H and O–H groups in total. The van der Waals surface area contributed by atoms with E-state index in [2.05, 4.69) is 10.3 Å². The summed E-state index contributed by atoms with van der Waals surface area (Å²) in [6.07, 6.45) is 3.16.